The lowest BCUT2D eigenvalue weighted by Gasteiger charge is -2.11. The van der Waals surface area contributed by atoms with Crippen LogP contribution in [0.15, 0.2) is 0 Å². The van der Waals surface area contributed by atoms with Crippen molar-refractivity contribution in [2.75, 3.05) is 13.1 Å². The van der Waals surface area contributed by atoms with E-state index >= 15 is 0 Å². The van der Waals surface area contributed by atoms with E-state index in [4.69, 9.17) is 11.5 Å². The zero-order valence-electron chi connectivity index (χ0n) is 10.00. The van der Waals surface area contributed by atoms with Crippen LogP contribution in [-0.4, -0.2) is 24.9 Å². The Balaban J connectivity index is 3.45. The van der Waals surface area contributed by atoms with Gasteiger partial charge in [-0.2, -0.15) is 0 Å². The van der Waals surface area contributed by atoms with Crippen LogP contribution >= 0.6 is 0 Å². The molecule has 0 aromatic carbocycles. The Morgan fingerprint density at radius 1 is 1.25 bits per heavy atom. The van der Waals surface area contributed by atoms with Crippen molar-refractivity contribution in [1.82, 2.24) is 5.32 Å². The van der Waals surface area contributed by atoms with E-state index in [0.29, 0.717) is 19.5 Å². The minimum absolute atomic E-state index is 0.0136. The molecule has 0 radical (unpaired) electrons. The predicted octanol–water partition coefficient (Wildman–Crippen LogP) is 0.133. The number of primary amides is 1. The van der Waals surface area contributed by atoms with Gasteiger partial charge in [-0.1, -0.05) is 6.92 Å². The molecule has 94 valence electrons. The minimum Gasteiger partial charge on any atom is -0.370 e. The van der Waals surface area contributed by atoms with Crippen molar-refractivity contribution in [2.24, 2.45) is 17.4 Å². The van der Waals surface area contributed by atoms with Gasteiger partial charge >= 0.3 is 0 Å². The summed E-state index contributed by atoms with van der Waals surface area (Å²) in [5.74, 6) is -0.213. The van der Waals surface area contributed by atoms with E-state index < -0.39 is 0 Å². The first kappa shape index (κ1) is 14.9. The number of hydrogen-bond acceptors (Lipinski definition) is 3. The standard InChI is InChI=1S/C11H23N3O2/c1-9(5-4-7-12)11(16)14-8-3-2-6-10(13)15/h9H,2-8,12H2,1H3,(H2,13,15)(H,14,16). The Labute approximate surface area is 96.9 Å². The number of nitrogens with one attached hydrogen (secondary N) is 1. The van der Waals surface area contributed by atoms with E-state index in [2.05, 4.69) is 5.32 Å². The molecule has 0 spiro atoms. The Morgan fingerprint density at radius 3 is 2.50 bits per heavy atom. The summed E-state index contributed by atoms with van der Waals surface area (Å²) in [6, 6.07) is 0. The second-order valence-electron chi connectivity index (χ2n) is 4.05. The number of carbonyl (C=O) groups excluding carboxylic acids is 2. The maximum atomic E-state index is 11.5. The van der Waals surface area contributed by atoms with Crippen molar-refractivity contribution in [3.63, 3.8) is 0 Å². The lowest BCUT2D eigenvalue weighted by molar-refractivity contribution is -0.124. The highest BCUT2D eigenvalue weighted by Gasteiger charge is 2.10. The number of nitrogens with two attached hydrogens (primary N) is 2. The Kier molecular flexibility index (Phi) is 8.52. The summed E-state index contributed by atoms with van der Waals surface area (Å²) in [4.78, 5) is 21.9. The molecule has 16 heavy (non-hydrogen) atoms. The van der Waals surface area contributed by atoms with Crippen molar-refractivity contribution < 1.29 is 9.59 Å². The van der Waals surface area contributed by atoms with Crippen molar-refractivity contribution >= 4 is 11.8 Å². The fourth-order valence-electron chi connectivity index (χ4n) is 1.37. The van der Waals surface area contributed by atoms with Crippen molar-refractivity contribution in [1.29, 1.82) is 0 Å². The molecule has 0 rings (SSSR count). The van der Waals surface area contributed by atoms with Gasteiger partial charge in [-0.05, 0) is 32.2 Å². The third-order valence-electron chi connectivity index (χ3n) is 2.44. The zero-order chi connectivity index (χ0) is 12.4. The summed E-state index contributed by atoms with van der Waals surface area (Å²) >= 11 is 0. The van der Waals surface area contributed by atoms with Gasteiger partial charge in [0.05, 0.1) is 0 Å². The Bertz CT molecular complexity index is 219. The van der Waals surface area contributed by atoms with Gasteiger partial charge < -0.3 is 16.8 Å². The van der Waals surface area contributed by atoms with Crippen LogP contribution in [0.2, 0.25) is 0 Å². The lowest BCUT2D eigenvalue weighted by atomic mass is 10.0. The van der Waals surface area contributed by atoms with Gasteiger partial charge in [-0.25, -0.2) is 0 Å². The van der Waals surface area contributed by atoms with Crippen LogP contribution in [0, 0.1) is 5.92 Å². The van der Waals surface area contributed by atoms with Crippen LogP contribution in [-0.2, 0) is 9.59 Å². The molecule has 0 aromatic heterocycles. The van der Waals surface area contributed by atoms with Crippen LogP contribution in [0.1, 0.15) is 39.0 Å². The molecular weight excluding hydrogens is 206 g/mol. The number of hydrogen-bond donors (Lipinski definition) is 3. The molecule has 1 unspecified atom stereocenters. The molecule has 1 atom stereocenters. The molecule has 0 aliphatic rings. The average Bonchev–Trinajstić information content (AvgIpc) is 2.24. The van der Waals surface area contributed by atoms with Gasteiger partial charge in [0.25, 0.3) is 0 Å². The molecule has 0 saturated carbocycles. The third-order valence-corrected chi connectivity index (χ3v) is 2.44. The first-order chi connectivity index (χ1) is 7.57. The van der Waals surface area contributed by atoms with E-state index in [9.17, 15) is 9.59 Å². The predicted molar refractivity (Wildman–Crippen MR) is 63.5 cm³/mol. The molecule has 5 N–H and O–H groups in total. The molecule has 0 bridgehead atoms. The van der Waals surface area contributed by atoms with E-state index in [-0.39, 0.29) is 17.7 Å². The Hall–Kier alpha value is -1.10. The number of carbonyl (C=O) groups is 2. The molecule has 2 amide bonds. The van der Waals surface area contributed by atoms with Crippen LogP contribution in [0.3, 0.4) is 0 Å². The SMILES string of the molecule is CC(CCCN)C(=O)NCCCCC(N)=O. The highest BCUT2D eigenvalue weighted by Crippen LogP contribution is 2.04. The molecule has 0 saturated heterocycles. The van der Waals surface area contributed by atoms with Crippen molar-refractivity contribution in [3.05, 3.63) is 0 Å². The highest BCUT2D eigenvalue weighted by atomic mass is 16.2. The monoisotopic (exact) mass is 229 g/mol. The van der Waals surface area contributed by atoms with E-state index in [1.807, 2.05) is 6.92 Å². The van der Waals surface area contributed by atoms with Gasteiger partial charge in [0, 0.05) is 18.9 Å². The van der Waals surface area contributed by atoms with Gasteiger partial charge in [-0.15, -0.1) is 0 Å². The average molecular weight is 229 g/mol. The largest absolute Gasteiger partial charge is 0.370 e. The highest BCUT2D eigenvalue weighted by molar-refractivity contribution is 5.78. The number of rotatable bonds is 9. The summed E-state index contributed by atoms with van der Waals surface area (Å²) in [6.45, 7) is 3.13. The van der Waals surface area contributed by atoms with E-state index in [0.717, 1.165) is 25.7 Å². The van der Waals surface area contributed by atoms with E-state index in [1.165, 1.54) is 0 Å². The molecule has 0 heterocycles. The van der Waals surface area contributed by atoms with Crippen LogP contribution in [0.4, 0.5) is 0 Å². The quantitative estimate of drug-likeness (QED) is 0.490. The van der Waals surface area contributed by atoms with Crippen LogP contribution < -0.4 is 16.8 Å². The maximum absolute atomic E-state index is 11.5. The van der Waals surface area contributed by atoms with Crippen LogP contribution in [0.5, 0.6) is 0 Å². The fourth-order valence-corrected chi connectivity index (χ4v) is 1.37. The smallest absolute Gasteiger partial charge is 0.222 e. The molecule has 0 fully saturated rings. The summed E-state index contributed by atoms with van der Waals surface area (Å²) in [5.41, 5.74) is 10.4. The fraction of sp³-hybridized carbons (Fsp3) is 0.818. The summed E-state index contributed by atoms with van der Waals surface area (Å²) in [6.07, 6.45) is 3.60. The topological polar surface area (TPSA) is 98.2 Å². The maximum Gasteiger partial charge on any atom is 0.222 e. The first-order valence-corrected chi connectivity index (χ1v) is 5.84. The molecule has 0 aliphatic carbocycles. The molecule has 0 aliphatic heterocycles. The molecular formula is C11H23N3O2. The second-order valence-corrected chi connectivity index (χ2v) is 4.05. The van der Waals surface area contributed by atoms with Gasteiger partial charge in [-0.3, -0.25) is 9.59 Å². The molecule has 5 heteroatoms. The van der Waals surface area contributed by atoms with Crippen LogP contribution in [0.25, 0.3) is 0 Å². The molecule has 0 aromatic rings. The summed E-state index contributed by atoms with van der Waals surface area (Å²) in [7, 11) is 0. The normalized spacial score (nSPS) is 12.1. The van der Waals surface area contributed by atoms with Gasteiger partial charge in [0.1, 0.15) is 0 Å². The zero-order valence-corrected chi connectivity index (χ0v) is 10.00. The molecule has 5 nitrogen and oxygen atoms in total. The van der Waals surface area contributed by atoms with Gasteiger partial charge in [0.15, 0.2) is 0 Å². The van der Waals surface area contributed by atoms with Gasteiger partial charge in [0.2, 0.25) is 11.8 Å². The second kappa shape index (κ2) is 9.15. The first-order valence-electron chi connectivity index (χ1n) is 5.84. The van der Waals surface area contributed by atoms with Crippen molar-refractivity contribution in [3.8, 4) is 0 Å². The summed E-state index contributed by atoms with van der Waals surface area (Å²) < 4.78 is 0. The lowest BCUT2D eigenvalue weighted by Crippen LogP contribution is -2.30. The number of unbranched alkanes of at least 4 members (excludes halogenated alkanes) is 1. The number of amides is 2. The summed E-state index contributed by atoms with van der Waals surface area (Å²) in [5, 5.41) is 2.83. The van der Waals surface area contributed by atoms with E-state index in [1.54, 1.807) is 0 Å². The minimum atomic E-state index is -0.289. The Morgan fingerprint density at radius 2 is 1.94 bits per heavy atom. The van der Waals surface area contributed by atoms with Crippen molar-refractivity contribution in [2.45, 2.75) is 39.0 Å². The third kappa shape index (κ3) is 8.23.